The summed E-state index contributed by atoms with van der Waals surface area (Å²) in [7, 11) is 1.84. The van der Waals surface area contributed by atoms with Crippen molar-refractivity contribution in [2.75, 3.05) is 26.7 Å². The summed E-state index contributed by atoms with van der Waals surface area (Å²) in [5.74, 6) is -0.760. The first-order valence-corrected chi connectivity index (χ1v) is 5.20. The van der Waals surface area contributed by atoms with Gasteiger partial charge in [-0.15, -0.1) is 0 Å². The fraction of sp³-hybridized carbons (Fsp3) is 0.900. The fourth-order valence-corrected chi connectivity index (χ4v) is 1.77. The zero-order chi connectivity index (χ0) is 10.4. The molecule has 0 aromatic heterocycles. The molecule has 0 spiro atoms. The lowest BCUT2D eigenvalue weighted by molar-refractivity contribution is -0.137. The predicted octanol–water partition coefficient (Wildman–Crippen LogP) is 0.962. The van der Waals surface area contributed by atoms with Crippen LogP contribution in [0.2, 0.25) is 0 Å². The molecule has 1 heterocycles. The third-order valence-electron chi connectivity index (χ3n) is 2.50. The van der Waals surface area contributed by atoms with Crippen molar-refractivity contribution >= 4 is 5.97 Å². The van der Waals surface area contributed by atoms with Gasteiger partial charge in [-0.3, -0.25) is 9.69 Å². The quantitative estimate of drug-likeness (QED) is 0.695. The normalized spacial score (nSPS) is 21.7. The van der Waals surface area contributed by atoms with Crippen LogP contribution in [0, 0.1) is 0 Å². The molecule has 0 unspecified atom stereocenters. The number of carboxylic acids is 1. The first-order chi connectivity index (χ1) is 6.68. The monoisotopic (exact) mass is 201 g/mol. The van der Waals surface area contributed by atoms with E-state index in [-0.39, 0.29) is 6.54 Å². The van der Waals surface area contributed by atoms with Gasteiger partial charge in [-0.2, -0.15) is 0 Å². The Hall–Kier alpha value is -0.610. The molecule has 4 heteroatoms. The third-order valence-corrected chi connectivity index (χ3v) is 2.50. The smallest absolute Gasteiger partial charge is 0.317 e. The molecule has 0 aliphatic carbocycles. The van der Waals surface area contributed by atoms with Crippen LogP contribution in [0.3, 0.4) is 0 Å². The van der Waals surface area contributed by atoms with Crippen molar-refractivity contribution in [1.82, 2.24) is 4.90 Å². The lowest BCUT2D eigenvalue weighted by Gasteiger charge is -2.15. The second-order valence-electron chi connectivity index (χ2n) is 3.91. The lowest BCUT2D eigenvalue weighted by Crippen LogP contribution is -2.27. The van der Waals surface area contributed by atoms with Crippen molar-refractivity contribution in [3.05, 3.63) is 0 Å². The van der Waals surface area contributed by atoms with Crippen LogP contribution in [0.5, 0.6) is 0 Å². The van der Waals surface area contributed by atoms with E-state index in [2.05, 4.69) is 0 Å². The summed E-state index contributed by atoms with van der Waals surface area (Å²) in [4.78, 5) is 12.2. The molecular formula is C10H19NO3. The highest BCUT2D eigenvalue weighted by atomic mass is 16.5. The minimum absolute atomic E-state index is 0.130. The molecule has 0 saturated carbocycles. The van der Waals surface area contributed by atoms with Crippen LogP contribution in [-0.4, -0.2) is 48.8 Å². The second kappa shape index (κ2) is 5.98. The zero-order valence-electron chi connectivity index (χ0n) is 8.74. The van der Waals surface area contributed by atoms with E-state index in [1.165, 1.54) is 12.8 Å². The maximum absolute atomic E-state index is 10.4. The van der Waals surface area contributed by atoms with E-state index < -0.39 is 5.97 Å². The van der Waals surface area contributed by atoms with Gasteiger partial charge >= 0.3 is 5.97 Å². The van der Waals surface area contributed by atoms with Gasteiger partial charge in [-0.1, -0.05) is 0 Å². The van der Waals surface area contributed by atoms with Crippen LogP contribution in [0.1, 0.15) is 25.7 Å². The molecule has 0 aromatic carbocycles. The Morgan fingerprint density at radius 2 is 2.43 bits per heavy atom. The highest BCUT2D eigenvalue weighted by molar-refractivity contribution is 5.68. The number of carboxylic acid groups (broad SMARTS) is 1. The van der Waals surface area contributed by atoms with Gasteiger partial charge in [-0.05, 0) is 39.3 Å². The Labute approximate surface area is 84.8 Å². The second-order valence-corrected chi connectivity index (χ2v) is 3.91. The molecule has 1 aliphatic rings. The molecule has 1 rings (SSSR count). The molecule has 0 amide bonds. The molecule has 0 aromatic rings. The van der Waals surface area contributed by atoms with E-state index in [0.717, 1.165) is 26.0 Å². The summed E-state index contributed by atoms with van der Waals surface area (Å²) >= 11 is 0. The Morgan fingerprint density at radius 1 is 1.64 bits per heavy atom. The number of carbonyl (C=O) groups is 1. The number of hydrogen-bond donors (Lipinski definition) is 1. The molecule has 1 atom stereocenters. The highest BCUT2D eigenvalue weighted by Gasteiger charge is 2.15. The highest BCUT2D eigenvalue weighted by Crippen LogP contribution is 2.16. The number of aliphatic carboxylic acids is 1. The van der Waals surface area contributed by atoms with E-state index in [0.29, 0.717) is 6.10 Å². The number of rotatable bonds is 6. The molecule has 1 fully saturated rings. The Balaban J connectivity index is 1.99. The Bertz CT molecular complexity index is 178. The SMILES string of the molecule is CN(CCC[C@@H]1CCCO1)CC(=O)O. The van der Waals surface area contributed by atoms with Crippen LogP contribution in [0.4, 0.5) is 0 Å². The minimum atomic E-state index is -0.760. The molecule has 14 heavy (non-hydrogen) atoms. The number of hydrogen-bond acceptors (Lipinski definition) is 3. The largest absolute Gasteiger partial charge is 0.480 e. The fourth-order valence-electron chi connectivity index (χ4n) is 1.77. The molecule has 1 saturated heterocycles. The third kappa shape index (κ3) is 4.58. The van der Waals surface area contributed by atoms with Crippen molar-refractivity contribution in [2.24, 2.45) is 0 Å². The summed E-state index contributed by atoms with van der Waals surface area (Å²) in [5, 5.41) is 8.53. The van der Waals surface area contributed by atoms with Crippen LogP contribution >= 0.6 is 0 Å². The van der Waals surface area contributed by atoms with E-state index in [1.807, 2.05) is 11.9 Å². The van der Waals surface area contributed by atoms with Gasteiger partial charge in [0.2, 0.25) is 0 Å². The van der Waals surface area contributed by atoms with Crippen LogP contribution in [0.15, 0.2) is 0 Å². The van der Waals surface area contributed by atoms with E-state index in [1.54, 1.807) is 0 Å². The lowest BCUT2D eigenvalue weighted by atomic mass is 10.1. The molecular weight excluding hydrogens is 182 g/mol. The van der Waals surface area contributed by atoms with Gasteiger partial charge in [0, 0.05) is 6.61 Å². The molecule has 4 nitrogen and oxygen atoms in total. The molecule has 82 valence electrons. The summed E-state index contributed by atoms with van der Waals surface area (Å²) in [6.45, 7) is 1.87. The van der Waals surface area contributed by atoms with Crippen molar-refractivity contribution < 1.29 is 14.6 Å². The van der Waals surface area contributed by atoms with Crippen LogP contribution in [0.25, 0.3) is 0 Å². The van der Waals surface area contributed by atoms with E-state index >= 15 is 0 Å². The number of nitrogens with zero attached hydrogens (tertiary/aromatic N) is 1. The molecule has 0 bridgehead atoms. The molecule has 0 radical (unpaired) electrons. The number of ether oxygens (including phenoxy) is 1. The molecule has 1 aliphatic heterocycles. The van der Waals surface area contributed by atoms with Gasteiger partial charge in [0.15, 0.2) is 0 Å². The average Bonchev–Trinajstić information content (AvgIpc) is 2.55. The topological polar surface area (TPSA) is 49.8 Å². The zero-order valence-corrected chi connectivity index (χ0v) is 8.74. The maximum Gasteiger partial charge on any atom is 0.317 e. The van der Waals surface area contributed by atoms with Crippen molar-refractivity contribution in [3.8, 4) is 0 Å². The molecule has 1 N–H and O–H groups in total. The van der Waals surface area contributed by atoms with Gasteiger partial charge < -0.3 is 9.84 Å². The Kier molecular flexibility index (Phi) is 4.90. The van der Waals surface area contributed by atoms with Gasteiger partial charge in [0.1, 0.15) is 0 Å². The standard InChI is InChI=1S/C10H19NO3/c1-11(8-10(12)13)6-2-4-9-5-3-7-14-9/h9H,2-8H2,1H3,(H,12,13)/t9-/m1/s1. The number of likely N-dealkylation sites (N-methyl/N-ethyl adjacent to an activating group) is 1. The van der Waals surface area contributed by atoms with Crippen molar-refractivity contribution in [3.63, 3.8) is 0 Å². The minimum Gasteiger partial charge on any atom is -0.480 e. The van der Waals surface area contributed by atoms with E-state index in [4.69, 9.17) is 9.84 Å². The summed E-state index contributed by atoms with van der Waals surface area (Å²) < 4.78 is 5.48. The van der Waals surface area contributed by atoms with Crippen molar-refractivity contribution in [1.29, 1.82) is 0 Å². The van der Waals surface area contributed by atoms with Gasteiger partial charge in [0.25, 0.3) is 0 Å². The van der Waals surface area contributed by atoms with Crippen molar-refractivity contribution in [2.45, 2.75) is 31.8 Å². The first-order valence-electron chi connectivity index (χ1n) is 5.20. The van der Waals surface area contributed by atoms with Gasteiger partial charge in [-0.25, -0.2) is 0 Å². The van der Waals surface area contributed by atoms with Crippen LogP contribution < -0.4 is 0 Å². The summed E-state index contributed by atoms with van der Waals surface area (Å²) in [5.41, 5.74) is 0. The first kappa shape index (κ1) is 11.5. The van der Waals surface area contributed by atoms with Gasteiger partial charge in [0.05, 0.1) is 12.6 Å². The predicted molar refractivity (Wildman–Crippen MR) is 53.3 cm³/mol. The Morgan fingerprint density at radius 3 is 3.00 bits per heavy atom. The summed E-state index contributed by atoms with van der Waals surface area (Å²) in [6, 6.07) is 0. The average molecular weight is 201 g/mol. The van der Waals surface area contributed by atoms with Crippen LogP contribution in [-0.2, 0) is 9.53 Å². The summed E-state index contributed by atoms with van der Waals surface area (Å²) in [6.07, 6.45) is 4.85. The maximum atomic E-state index is 10.4. The van der Waals surface area contributed by atoms with E-state index in [9.17, 15) is 4.79 Å².